The molecule has 100 valence electrons. The Kier molecular flexibility index (Phi) is 4.61. The van der Waals surface area contributed by atoms with Gasteiger partial charge in [-0.05, 0) is 40.2 Å². The van der Waals surface area contributed by atoms with Crippen LogP contribution in [0.3, 0.4) is 0 Å². The van der Waals surface area contributed by atoms with Crippen LogP contribution in [-0.4, -0.2) is 20.0 Å². The van der Waals surface area contributed by atoms with Gasteiger partial charge in [0.15, 0.2) is 5.78 Å². The van der Waals surface area contributed by atoms with Crippen molar-refractivity contribution in [3.8, 4) is 11.5 Å². The van der Waals surface area contributed by atoms with E-state index in [1.54, 1.807) is 43.8 Å². The normalized spacial score (nSPS) is 10.3. The number of hydrogen-bond acceptors (Lipinski definition) is 4. The van der Waals surface area contributed by atoms with Crippen LogP contribution in [0.1, 0.15) is 15.2 Å². The van der Waals surface area contributed by atoms with E-state index in [0.717, 1.165) is 8.66 Å². The summed E-state index contributed by atoms with van der Waals surface area (Å²) in [5.74, 6) is 1.25. The van der Waals surface area contributed by atoms with Gasteiger partial charge in [0.05, 0.1) is 23.6 Å². The lowest BCUT2D eigenvalue weighted by molar-refractivity contribution is 0.0991. The molecule has 0 aliphatic heterocycles. The van der Waals surface area contributed by atoms with Crippen molar-refractivity contribution >= 4 is 33.0 Å². The average molecular weight is 341 g/mol. The lowest BCUT2D eigenvalue weighted by Crippen LogP contribution is -2.05. The van der Waals surface area contributed by atoms with Crippen LogP contribution in [0.15, 0.2) is 34.1 Å². The van der Waals surface area contributed by atoms with Crippen LogP contribution in [0.2, 0.25) is 0 Å². The highest BCUT2D eigenvalue weighted by Gasteiger charge is 2.14. The molecular weight excluding hydrogens is 328 g/mol. The molecule has 0 aliphatic rings. The predicted octanol–water partition coefficient (Wildman–Crippen LogP) is 3.95. The molecule has 5 heteroatoms. The largest absolute Gasteiger partial charge is 0.497 e. The maximum atomic E-state index is 12.3. The van der Waals surface area contributed by atoms with Gasteiger partial charge in [0.25, 0.3) is 0 Å². The number of methoxy groups -OCH3 is 2. The Bertz CT molecular complexity index is 592. The second-order valence-corrected chi connectivity index (χ2v) is 6.42. The Balaban J connectivity index is 2.23. The number of carbonyl (C=O) groups is 1. The van der Waals surface area contributed by atoms with Crippen molar-refractivity contribution in [2.24, 2.45) is 0 Å². The first-order chi connectivity index (χ1) is 9.13. The summed E-state index contributed by atoms with van der Waals surface area (Å²) >= 11 is 4.95. The number of rotatable bonds is 5. The molecule has 0 fully saturated rings. The molecule has 2 aromatic rings. The molecule has 0 saturated carbocycles. The number of benzene rings is 1. The van der Waals surface area contributed by atoms with E-state index in [1.165, 1.54) is 0 Å². The zero-order valence-corrected chi connectivity index (χ0v) is 13.0. The van der Waals surface area contributed by atoms with Gasteiger partial charge in [-0.1, -0.05) is 0 Å². The number of ketones is 1. The second-order valence-electron chi connectivity index (χ2n) is 3.87. The maximum Gasteiger partial charge on any atom is 0.171 e. The molecule has 0 spiro atoms. The molecule has 0 bridgehead atoms. The monoisotopic (exact) mass is 340 g/mol. The topological polar surface area (TPSA) is 35.5 Å². The van der Waals surface area contributed by atoms with Crippen molar-refractivity contribution < 1.29 is 14.3 Å². The molecule has 2 rings (SSSR count). The van der Waals surface area contributed by atoms with Gasteiger partial charge in [-0.25, -0.2) is 0 Å². The van der Waals surface area contributed by atoms with E-state index in [0.29, 0.717) is 23.5 Å². The SMILES string of the molecule is COc1ccc(C(=O)Cc2ccc(Br)s2)c(OC)c1. The lowest BCUT2D eigenvalue weighted by Gasteiger charge is -2.09. The lowest BCUT2D eigenvalue weighted by atomic mass is 10.1. The second kappa shape index (κ2) is 6.21. The minimum absolute atomic E-state index is 0.0360. The van der Waals surface area contributed by atoms with Gasteiger partial charge in [-0.2, -0.15) is 0 Å². The van der Waals surface area contributed by atoms with Gasteiger partial charge in [0, 0.05) is 17.4 Å². The number of ether oxygens (including phenoxy) is 2. The highest BCUT2D eigenvalue weighted by molar-refractivity contribution is 9.11. The number of halogens is 1. The number of Topliss-reactive ketones (excluding diaryl/α,β-unsaturated/α-hetero) is 1. The first-order valence-corrected chi connectivity index (χ1v) is 7.24. The molecular formula is C14H13BrO3S. The van der Waals surface area contributed by atoms with Gasteiger partial charge in [-0.15, -0.1) is 11.3 Å². The van der Waals surface area contributed by atoms with E-state index in [1.807, 2.05) is 12.1 Å². The van der Waals surface area contributed by atoms with Crippen LogP contribution in [-0.2, 0) is 6.42 Å². The first kappa shape index (κ1) is 14.1. The third kappa shape index (κ3) is 3.36. The molecule has 19 heavy (non-hydrogen) atoms. The third-order valence-electron chi connectivity index (χ3n) is 2.67. The Morgan fingerprint density at radius 2 is 2.00 bits per heavy atom. The van der Waals surface area contributed by atoms with Gasteiger partial charge in [0.1, 0.15) is 11.5 Å². The van der Waals surface area contributed by atoms with Crippen LogP contribution >= 0.6 is 27.3 Å². The molecule has 0 radical (unpaired) electrons. The number of hydrogen-bond donors (Lipinski definition) is 0. The minimum atomic E-state index is 0.0360. The summed E-state index contributed by atoms with van der Waals surface area (Å²) in [5.41, 5.74) is 0.577. The molecule has 1 aromatic heterocycles. The zero-order chi connectivity index (χ0) is 13.8. The minimum Gasteiger partial charge on any atom is -0.497 e. The van der Waals surface area contributed by atoms with E-state index >= 15 is 0 Å². The number of thiophene rings is 1. The summed E-state index contributed by atoms with van der Waals surface area (Å²) in [6.45, 7) is 0. The van der Waals surface area contributed by atoms with E-state index < -0.39 is 0 Å². The van der Waals surface area contributed by atoms with Crippen LogP contribution in [0.25, 0.3) is 0 Å². The molecule has 3 nitrogen and oxygen atoms in total. The molecule has 0 unspecified atom stereocenters. The predicted molar refractivity (Wildman–Crippen MR) is 79.6 cm³/mol. The quantitative estimate of drug-likeness (QED) is 0.773. The van der Waals surface area contributed by atoms with Crippen molar-refractivity contribution in [2.45, 2.75) is 6.42 Å². The van der Waals surface area contributed by atoms with E-state index in [-0.39, 0.29) is 5.78 Å². The molecule has 1 aromatic carbocycles. The fraction of sp³-hybridized carbons (Fsp3) is 0.214. The molecule has 0 N–H and O–H groups in total. The van der Waals surface area contributed by atoms with Crippen molar-refractivity contribution in [1.29, 1.82) is 0 Å². The van der Waals surface area contributed by atoms with E-state index in [2.05, 4.69) is 15.9 Å². The molecule has 0 saturated heterocycles. The van der Waals surface area contributed by atoms with Crippen LogP contribution in [0.4, 0.5) is 0 Å². The number of carbonyl (C=O) groups excluding carboxylic acids is 1. The van der Waals surface area contributed by atoms with Crippen LogP contribution in [0.5, 0.6) is 11.5 Å². The smallest absolute Gasteiger partial charge is 0.171 e. The summed E-state index contributed by atoms with van der Waals surface area (Å²) < 4.78 is 11.4. The molecule has 0 amide bonds. The van der Waals surface area contributed by atoms with Crippen molar-refractivity contribution in [3.63, 3.8) is 0 Å². The fourth-order valence-corrected chi connectivity index (χ4v) is 3.21. The maximum absolute atomic E-state index is 12.3. The summed E-state index contributed by atoms with van der Waals surface area (Å²) in [7, 11) is 3.13. The van der Waals surface area contributed by atoms with E-state index in [9.17, 15) is 4.79 Å². The standard InChI is InChI=1S/C14H13BrO3S/c1-17-9-3-5-11(13(7-9)18-2)12(16)8-10-4-6-14(15)19-10/h3-7H,8H2,1-2H3. The van der Waals surface area contributed by atoms with Gasteiger partial charge >= 0.3 is 0 Å². The van der Waals surface area contributed by atoms with Crippen molar-refractivity contribution in [1.82, 2.24) is 0 Å². The summed E-state index contributed by atoms with van der Waals surface area (Å²) in [4.78, 5) is 13.3. The van der Waals surface area contributed by atoms with Crippen LogP contribution in [0, 0.1) is 0 Å². The van der Waals surface area contributed by atoms with Gasteiger partial charge in [-0.3, -0.25) is 4.79 Å². The summed E-state index contributed by atoms with van der Waals surface area (Å²) in [6, 6.07) is 9.11. The van der Waals surface area contributed by atoms with Crippen molar-refractivity contribution in [3.05, 3.63) is 44.6 Å². The average Bonchev–Trinajstić information content (AvgIpc) is 2.83. The Morgan fingerprint density at radius 1 is 1.21 bits per heavy atom. The van der Waals surface area contributed by atoms with Gasteiger partial charge in [0.2, 0.25) is 0 Å². The van der Waals surface area contributed by atoms with Crippen molar-refractivity contribution in [2.75, 3.05) is 14.2 Å². The fourth-order valence-electron chi connectivity index (χ4n) is 1.73. The Labute approximate surface area is 124 Å². The highest BCUT2D eigenvalue weighted by Crippen LogP contribution is 2.28. The summed E-state index contributed by atoms with van der Waals surface area (Å²) in [5, 5.41) is 0. The van der Waals surface area contributed by atoms with Gasteiger partial charge < -0.3 is 9.47 Å². The zero-order valence-electron chi connectivity index (χ0n) is 10.6. The molecule has 0 atom stereocenters. The molecule has 1 heterocycles. The van der Waals surface area contributed by atoms with E-state index in [4.69, 9.17) is 9.47 Å². The molecule has 0 aliphatic carbocycles. The first-order valence-electron chi connectivity index (χ1n) is 5.63. The Hall–Kier alpha value is -1.33. The summed E-state index contributed by atoms with van der Waals surface area (Å²) in [6.07, 6.45) is 0.374. The van der Waals surface area contributed by atoms with Crippen LogP contribution < -0.4 is 9.47 Å². The highest BCUT2D eigenvalue weighted by atomic mass is 79.9. The Morgan fingerprint density at radius 3 is 2.58 bits per heavy atom. The third-order valence-corrected chi connectivity index (χ3v) is 4.30.